The van der Waals surface area contributed by atoms with Gasteiger partial charge in [0.15, 0.2) is 0 Å². The van der Waals surface area contributed by atoms with Crippen LogP contribution in [0.1, 0.15) is 19.4 Å². The predicted octanol–water partition coefficient (Wildman–Crippen LogP) is 3.13. The molecule has 1 atom stereocenters. The Labute approximate surface area is 88.8 Å². The summed E-state index contributed by atoms with van der Waals surface area (Å²) in [5.74, 6) is 0.577. The topological polar surface area (TPSA) is 44.8 Å². The van der Waals surface area contributed by atoms with E-state index in [1.807, 2.05) is 18.2 Å². The molecule has 1 aromatic carbocycles. The average Bonchev–Trinajstić information content (AvgIpc) is 2.15. The lowest BCUT2D eigenvalue weighted by Crippen LogP contribution is -2.12. The molecule has 1 aromatic rings. The van der Waals surface area contributed by atoms with Gasteiger partial charge >= 0.3 is 7.82 Å². The first kappa shape index (κ1) is 10.7. The van der Waals surface area contributed by atoms with Crippen LogP contribution in [0.15, 0.2) is 24.3 Å². The van der Waals surface area contributed by atoms with Crippen molar-refractivity contribution in [1.82, 2.24) is 0 Å². The van der Waals surface area contributed by atoms with Crippen molar-refractivity contribution in [3.63, 3.8) is 0 Å². The van der Waals surface area contributed by atoms with E-state index in [2.05, 4.69) is 0 Å². The van der Waals surface area contributed by atoms with Crippen LogP contribution >= 0.6 is 7.82 Å². The monoisotopic (exact) mass is 228 g/mol. The molecular weight excluding hydrogens is 215 g/mol. The van der Waals surface area contributed by atoms with E-state index in [0.717, 1.165) is 5.56 Å². The fourth-order valence-electron chi connectivity index (χ4n) is 1.32. The largest absolute Gasteiger partial charge is 0.530 e. The molecule has 0 aromatic heterocycles. The van der Waals surface area contributed by atoms with Crippen LogP contribution in [0.25, 0.3) is 0 Å². The summed E-state index contributed by atoms with van der Waals surface area (Å²) in [5, 5.41) is 0. The highest BCUT2D eigenvalue weighted by Crippen LogP contribution is 2.54. The molecule has 2 rings (SSSR count). The van der Waals surface area contributed by atoms with E-state index >= 15 is 0 Å². The molecular formula is C10H13O4P. The number of benzene rings is 1. The Morgan fingerprint density at radius 1 is 1.40 bits per heavy atom. The molecule has 0 radical (unpaired) electrons. The number of phosphoric acid groups is 1. The molecule has 0 amide bonds. The lowest BCUT2D eigenvalue weighted by atomic mass is 10.2. The third-order valence-electron chi connectivity index (χ3n) is 1.90. The number of fused-ring (bicyclic) bond motifs is 1. The molecule has 0 aliphatic carbocycles. The van der Waals surface area contributed by atoms with Crippen LogP contribution in [0.5, 0.6) is 5.75 Å². The second-order valence-corrected chi connectivity index (χ2v) is 5.12. The molecule has 0 saturated carbocycles. The van der Waals surface area contributed by atoms with Crippen LogP contribution < -0.4 is 4.52 Å². The molecule has 1 aliphatic rings. The maximum atomic E-state index is 11.9. The average molecular weight is 228 g/mol. The minimum Gasteiger partial charge on any atom is -0.404 e. The second kappa shape index (κ2) is 3.97. The number of phosphoric ester groups is 1. The van der Waals surface area contributed by atoms with Crippen molar-refractivity contribution in [3.8, 4) is 5.75 Å². The maximum Gasteiger partial charge on any atom is 0.530 e. The maximum absolute atomic E-state index is 11.9. The van der Waals surface area contributed by atoms with Gasteiger partial charge in [0.05, 0.1) is 12.7 Å². The van der Waals surface area contributed by atoms with E-state index in [9.17, 15) is 4.57 Å². The van der Waals surface area contributed by atoms with E-state index in [1.165, 1.54) is 0 Å². The van der Waals surface area contributed by atoms with Gasteiger partial charge in [-0.05, 0) is 19.9 Å². The van der Waals surface area contributed by atoms with E-state index in [1.54, 1.807) is 19.9 Å². The van der Waals surface area contributed by atoms with E-state index in [-0.39, 0.29) is 12.7 Å². The van der Waals surface area contributed by atoms with Crippen LogP contribution in [-0.2, 0) is 20.2 Å². The van der Waals surface area contributed by atoms with Gasteiger partial charge in [-0.25, -0.2) is 4.57 Å². The first-order valence-electron chi connectivity index (χ1n) is 4.79. The fourth-order valence-corrected chi connectivity index (χ4v) is 2.71. The molecule has 15 heavy (non-hydrogen) atoms. The first-order chi connectivity index (χ1) is 7.09. The van der Waals surface area contributed by atoms with Gasteiger partial charge in [0.2, 0.25) is 0 Å². The van der Waals surface area contributed by atoms with Crippen molar-refractivity contribution in [2.75, 3.05) is 0 Å². The van der Waals surface area contributed by atoms with Crippen molar-refractivity contribution >= 4 is 7.82 Å². The van der Waals surface area contributed by atoms with Crippen LogP contribution in [0.4, 0.5) is 0 Å². The van der Waals surface area contributed by atoms with E-state index < -0.39 is 7.82 Å². The van der Waals surface area contributed by atoms with Crippen LogP contribution in [0, 0.1) is 0 Å². The number of hydrogen-bond acceptors (Lipinski definition) is 4. The van der Waals surface area contributed by atoms with E-state index in [0.29, 0.717) is 5.75 Å². The summed E-state index contributed by atoms with van der Waals surface area (Å²) in [6, 6.07) is 7.33. The molecule has 0 saturated heterocycles. The van der Waals surface area contributed by atoms with Crippen molar-refractivity contribution in [2.45, 2.75) is 26.6 Å². The highest BCUT2D eigenvalue weighted by Gasteiger charge is 2.34. The zero-order valence-corrected chi connectivity index (χ0v) is 9.57. The van der Waals surface area contributed by atoms with Gasteiger partial charge in [-0.2, -0.15) is 0 Å². The molecule has 0 bridgehead atoms. The summed E-state index contributed by atoms with van der Waals surface area (Å²) >= 11 is 0. The Morgan fingerprint density at radius 3 is 2.87 bits per heavy atom. The van der Waals surface area contributed by atoms with Gasteiger partial charge < -0.3 is 4.52 Å². The first-order valence-corrected chi connectivity index (χ1v) is 6.25. The Bertz CT molecular complexity index is 402. The third kappa shape index (κ3) is 2.40. The van der Waals surface area contributed by atoms with Crippen molar-refractivity contribution in [2.24, 2.45) is 0 Å². The summed E-state index contributed by atoms with van der Waals surface area (Å²) in [7, 11) is -3.40. The minimum absolute atomic E-state index is 0.193. The van der Waals surface area contributed by atoms with Gasteiger partial charge in [0, 0.05) is 5.56 Å². The quantitative estimate of drug-likeness (QED) is 0.729. The molecule has 0 fully saturated rings. The van der Waals surface area contributed by atoms with Crippen molar-refractivity contribution in [1.29, 1.82) is 0 Å². The lowest BCUT2D eigenvalue weighted by molar-refractivity contribution is 0.109. The summed E-state index contributed by atoms with van der Waals surface area (Å²) in [5.41, 5.74) is 0.885. The number of rotatable bonds is 2. The standard InChI is InChI=1S/C10H13O4P/c1-8(2)13-15(11)12-7-9-5-3-4-6-10(9)14-15/h3-6,8H,7H2,1-2H3. The normalized spacial score (nSPS) is 24.7. The van der Waals surface area contributed by atoms with Gasteiger partial charge in [-0.1, -0.05) is 18.2 Å². The smallest absolute Gasteiger partial charge is 0.404 e. The molecule has 1 aliphatic heterocycles. The summed E-state index contributed by atoms with van der Waals surface area (Å²) < 4.78 is 27.4. The molecule has 82 valence electrons. The molecule has 1 heterocycles. The molecule has 5 heteroatoms. The van der Waals surface area contributed by atoms with Gasteiger partial charge in [-0.15, -0.1) is 0 Å². The van der Waals surface area contributed by atoms with E-state index in [4.69, 9.17) is 13.6 Å². The Balaban J connectivity index is 2.21. The predicted molar refractivity (Wildman–Crippen MR) is 55.7 cm³/mol. The second-order valence-electron chi connectivity index (χ2n) is 3.57. The number of hydrogen-bond donors (Lipinski definition) is 0. The zero-order chi connectivity index (χ0) is 10.9. The van der Waals surface area contributed by atoms with Crippen LogP contribution in [0.2, 0.25) is 0 Å². The van der Waals surface area contributed by atoms with Crippen LogP contribution in [-0.4, -0.2) is 6.10 Å². The Kier molecular flexibility index (Phi) is 2.83. The molecule has 1 unspecified atom stereocenters. The highest BCUT2D eigenvalue weighted by atomic mass is 31.2. The minimum atomic E-state index is -3.40. The fraction of sp³-hybridized carbons (Fsp3) is 0.400. The van der Waals surface area contributed by atoms with Crippen molar-refractivity contribution < 1.29 is 18.1 Å². The Hall–Kier alpha value is -0.830. The van der Waals surface area contributed by atoms with Gasteiger partial charge in [0.1, 0.15) is 5.75 Å². The molecule has 0 spiro atoms. The highest BCUT2D eigenvalue weighted by molar-refractivity contribution is 7.49. The van der Waals surface area contributed by atoms with Gasteiger partial charge in [-0.3, -0.25) is 9.05 Å². The summed E-state index contributed by atoms with van der Waals surface area (Å²) in [6.07, 6.45) is -0.193. The van der Waals surface area contributed by atoms with Gasteiger partial charge in [0.25, 0.3) is 0 Å². The summed E-state index contributed by atoms with van der Waals surface area (Å²) in [6.45, 7) is 3.83. The van der Waals surface area contributed by atoms with Crippen LogP contribution in [0.3, 0.4) is 0 Å². The molecule has 4 nitrogen and oxygen atoms in total. The Morgan fingerprint density at radius 2 is 2.13 bits per heavy atom. The van der Waals surface area contributed by atoms with Crippen molar-refractivity contribution in [3.05, 3.63) is 29.8 Å². The summed E-state index contributed by atoms with van der Waals surface area (Å²) in [4.78, 5) is 0. The SMILES string of the molecule is CC(C)OP1(=O)OCc2ccccc2O1. The lowest BCUT2D eigenvalue weighted by Gasteiger charge is -2.25. The molecule has 0 N–H and O–H groups in total. The zero-order valence-electron chi connectivity index (χ0n) is 8.67. The third-order valence-corrected chi connectivity index (χ3v) is 3.45. The number of para-hydroxylation sites is 1.